The van der Waals surface area contributed by atoms with Crippen molar-refractivity contribution in [3.63, 3.8) is 0 Å². The van der Waals surface area contributed by atoms with Crippen molar-refractivity contribution in [3.8, 4) is 0 Å². The average molecular weight is 327 g/mol. The molecule has 1 atom stereocenters. The van der Waals surface area contributed by atoms with Crippen molar-refractivity contribution >= 4 is 11.6 Å². The number of benzene rings is 1. The van der Waals surface area contributed by atoms with Gasteiger partial charge in [0.25, 0.3) is 0 Å². The van der Waals surface area contributed by atoms with E-state index in [9.17, 15) is 9.50 Å². The fourth-order valence-electron chi connectivity index (χ4n) is 3.63. The summed E-state index contributed by atoms with van der Waals surface area (Å²) >= 11 is 5.83. The summed E-state index contributed by atoms with van der Waals surface area (Å²) in [5, 5.41) is 11.0. The first kappa shape index (κ1) is 16.2. The van der Waals surface area contributed by atoms with Crippen LogP contribution in [0.25, 0.3) is 0 Å². The van der Waals surface area contributed by atoms with Gasteiger partial charge in [-0.2, -0.15) is 0 Å². The number of aliphatic hydroxyl groups is 1. The molecule has 2 saturated heterocycles. The van der Waals surface area contributed by atoms with E-state index in [0.29, 0.717) is 13.1 Å². The molecule has 1 aromatic rings. The summed E-state index contributed by atoms with van der Waals surface area (Å²) < 4.78 is 13.2. The van der Waals surface area contributed by atoms with Gasteiger partial charge in [-0.05, 0) is 50.0 Å². The van der Waals surface area contributed by atoms with Crippen molar-refractivity contribution in [3.05, 3.63) is 34.6 Å². The van der Waals surface area contributed by atoms with Crippen molar-refractivity contribution in [2.24, 2.45) is 0 Å². The first-order valence-electron chi connectivity index (χ1n) is 8.15. The number of likely N-dealkylation sites (tertiary alicyclic amines) is 2. The molecule has 1 N–H and O–H groups in total. The summed E-state index contributed by atoms with van der Waals surface area (Å²) in [6, 6.07) is 4.86. The molecule has 1 aromatic carbocycles. The summed E-state index contributed by atoms with van der Waals surface area (Å²) in [6.45, 7) is 5.25. The molecule has 0 aromatic heterocycles. The van der Waals surface area contributed by atoms with Crippen molar-refractivity contribution in [1.82, 2.24) is 9.80 Å². The maximum absolute atomic E-state index is 13.2. The number of rotatable bonds is 4. The number of piperidine rings is 1. The number of hydrogen-bond donors (Lipinski definition) is 1. The molecule has 3 rings (SSSR count). The molecule has 2 aliphatic rings. The van der Waals surface area contributed by atoms with E-state index in [-0.39, 0.29) is 10.8 Å². The molecule has 0 unspecified atom stereocenters. The van der Waals surface area contributed by atoms with Gasteiger partial charge in [-0.3, -0.25) is 4.90 Å². The molecule has 3 nitrogen and oxygen atoms in total. The highest BCUT2D eigenvalue weighted by Gasteiger charge is 2.37. The van der Waals surface area contributed by atoms with Crippen LogP contribution in [0.5, 0.6) is 0 Å². The fraction of sp³-hybridized carbons (Fsp3) is 0.647. The van der Waals surface area contributed by atoms with Gasteiger partial charge in [0.15, 0.2) is 0 Å². The Labute approximate surface area is 136 Å². The van der Waals surface area contributed by atoms with Crippen LogP contribution in [0.1, 0.15) is 31.2 Å². The Morgan fingerprint density at radius 2 is 1.91 bits per heavy atom. The topological polar surface area (TPSA) is 26.7 Å². The van der Waals surface area contributed by atoms with Crippen LogP contribution in [0.3, 0.4) is 0 Å². The highest BCUT2D eigenvalue weighted by atomic mass is 35.5. The van der Waals surface area contributed by atoms with Crippen LogP contribution in [0, 0.1) is 5.82 Å². The molecular weight excluding hydrogens is 303 g/mol. The van der Waals surface area contributed by atoms with E-state index < -0.39 is 5.60 Å². The molecule has 0 saturated carbocycles. The zero-order valence-electron chi connectivity index (χ0n) is 12.9. The molecule has 2 heterocycles. The van der Waals surface area contributed by atoms with Gasteiger partial charge in [0, 0.05) is 26.2 Å². The van der Waals surface area contributed by atoms with E-state index >= 15 is 0 Å². The van der Waals surface area contributed by atoms with Gasteiger partial charge in [-0.25, -0.2) is 4.39 Å². The van der Waals surface area contributed by atoms with Gasteiger partial charge < -0.3 is 10.0 Å². The van der Waals surface area contributed by atoms with Crippen LogP contribution in [0.2, 0.25) is 5.02 Å². The largest absolute Gasteiger partial charge is 0.387 e. The molecule has 122 valence electrons. The predicted octanol–water partition coefficient (Wildman–Crippen LogP) is 2.90. The fourth-order valence-corrected chi connectivity index (χ4v) is 3.84. The first-order chi connectivity index (χ1) is 10.5. The van der Waals surface area contributed by atoms with Crippen molar-refractivity contribution in [2.45, 2.75) is 37.8 Å². The van der Waals surface area contributed by atoms with Gasteiger partial charge in [0.05, 0.1) is 10.6 Å². The monoisotopic (exact) mass is 326 g/mol. The van der Waals surface area contributed by atoms with Crippen molar-refractivity contribution < 1.29 is 9.50 Å². The molecule has 0 aliphatic carbocycles. The van der Waals surface area contributed by atoms with E-state index in [1.807, 2.05) is 0 Å². The second kappa shape index (κ2) is 6.83. The molecule has 0 amide bonds. The number of β-amino-alcohol motifs (C(OH)–C–C–N with tert-alkyl or cyclic N) is 1. The Balaban J connectivity index is 1.55. The van der Waals surface area contributed by atoms with Gasteiger partial charge in [-0.15, -0.1) is 0 Å². The molecule has 0 radical (unpaired) electrons. The van der Waals surface area contributed by atoms with Crippen LogP contribution in [-0.2, 0) is 6.54 Å². The van der Waals surface area contributed by atoms with E-state index in [4.69, 9.17) is 11.6 Å². The van der Waals surface area contributed by atoms with Crippen LogP contribution >= 0.6 is 11.6 Å². The highest BCUT2D eigenvalue weighted by molar-refractivity contribution is 6.30. The lowest BCUT2D eigenvalue weighted by atomic mass is 10.0. The Morgan fingerprint density at radius 1 is 1.14 bits per heavy atom. The van der Waals surface area contributed by atoms with Gasteiger partial charge in [0.2, 0.25) is 0 Å². The maximum Gasteiger partial charge on any atom is 0.141 e. The van der Waals surface area contributed by atoms with Gasteiger partial charge >= 0.3 is 0 Å². The van der Waals surface area contributed by atoms with E-state index in [1.54, 1.807) is 12.1 Å². The van der Waals surface area contributed by atoms with Crippen LogP contribution in [0.4, 0.5) is 4.39 Å². The lowest BCUT2D eigenvalue weighted by molar-refractivity contribution is 0.00635. The molecule has 2 fully saturated rings. The minimum atomic E-state index is -0.610. The molecule has 5 heteroatoms. The van der Waals surface area contributed by atoms with E-state index in [1.165, 1.54) is 25.3 Å². The smallest absolute Gasteiger partial charge is 0.141 e. The summed E-state index contributed by atoms with van der Waals surface area (Å²) in [4.78, 5) is 4.62. The standard InChI is InChI=1S/C17H24ClFN2O/c18-15-10-14(4-5-16(15)19)11-21-9-6-17(22,13-21)12-20-7-2-1-3-8-20/h4-5,10,22H,1-3,6-9,11-13H2/t17-/m1/s1. The van der Waals surface area contributed by atoms with Crippen molar-refractivity contribution in [2.75, 3.05) is 32.7 Å². The average Bonchev–Trinajstić information content (AvgIpc) is 2.85. The summed E-state index contributed by atoms with van der Waals surface area (Å²) in [6.07, 6.45) is 4.60. The molecule has 2 aliphatic heterocycles. The molecule has 0 spiro atoms. The summed E-state index contributed by atoms with van der Waals surface area (Å²) in [5.41, 5.74) is 0.384. The number of halogens is 2. The second-order valence-corrected chi connectivity index (χ2v) is 7.18. The Morgan fingerprint density at radius 3 is 2.64 bits per heavy atom. The second-order valence-electron chi connectivity index (χ2n) is 6.77. The molecule has 0 bridgehead atoms. The summed E-state index contributed by atoms with van der Waals surface area (Å²) in [7, 11) is 0. The Hall–Kier alpha value is -0.680. The third-order valence-electron chi connectivity index (χ3n) is 4.77. The van der Waals surface area contributed by atoms with E-state index in [0.717, 1.165) is 38.2 Å². The zero-order valence-corrected chi connectivity index (χ0v) is 13.7. The van der Waals surface area contributed by atoms with Gasteiger partial charge in [0.1, 0.15) is 5.82 Å². The lowest BCUT2D eigenvalue weighted by Gasteiger charge is -2.33. The highest BCUT2D eigenvalue weighted by Crippen LogP contribution is 2.26. The normalized spacial score (nSPS) is 27.4. The number of nitrogens with zero attached hydrogens (tertiary/aromatic N) is 2. The zero-order chi connectivity index (χ0) is 15.6. The summed E-state index contributed by atoms with van der Waals surface area (Å²) in [5.74, 6) is -0.381. The number of hydrogen-bond acceptors (Lipinski definition) is 3. The van der Waals surface area contributed by atoms with Crippen LogP contribution < -0.4 is 0 Å². The minimum absolute atomic E-state index is 0.167. The van der Waals surface area contributed by atoms with Gasteiger partial charge in [-0.1, -0.05) is 24.1 Å². The quantitative estimate of drug-likeness (QED) is 0.921. The van der Waals surface area contributed by atoms with Crippen molar-refractivity contribution in [1.29, 1.82) is 0 Å². The van der Waals surface area contributed by atoms with Crippen LogP contribution in [-0.4, -0.2) is 53.2 Å². The predicted molar refractivity (Wildman–Crippen MR) is 86.5 cm³/mol. The molecule has 22 heavy (non-hydrogen) atoms. The molecular formula is C17H24ClFN2O. The van der Waals surface area contributed by atoms with Crippen LogP contribution in [0.15, 0.2) is 18.2 Å². The Bertz CT molecular complexity index is 521. The third-order valence-corrected chi connectivity index (χ3v) is 5.06. The SMILES string of the molecule is O[C@@]1(CN2CCCCC2)CCN(Cc2ccc(F)c(Cl)c2)C1. The van der Waals surface area contributed by atoms with E-state index in [2.05, 4.69) is 9.80 Å². The maximum atomic E-state index is 13.2. The first-order valence-corrected chi connectivity index (χ1v) is 8.53. The lowest BCUT2D eigenvalue weighted by Crippen LogP contribution is -2.46. The third kappa shape index (κ3) is 3.99. The minimum Gasteiger partial charge on any atom is -0.387 e. The Kier molecular flexibility index (Phi) is 5.03.